The van der Waals surface area contributed by atoms with Crippen molar-refractivity contribution in [2.24, 2.45) is 21.1 Å². The third-order valence-electron chi connectivity index (χ3n) is 16.2. The summed E-state index contributed by atoms with van der Waals surface area (Å²) in [6, 6.07) is 45.1. The van der Waals surface area contributed by atoms with Gasteiger partial charge in [0.1, 0.15) is 0 Å². The lowest BCUT2D eigenvalue weighted by molar-refractivity contribution is 0.00578. The molecule has 0 saturated carbocycles. The molecule has 3 aromatic heterocycles. The number of halogens is 4. The van der Waals surface area contributed by atoms with E-state index in [0.717, 1.165) is 18.6 Å². The van der Waals surface area contributed by atoms with Crippen molar-refractivity contribution in [3.63, 3.8) is 0 Å². The largest absolute Gasteiger partial charge is 0.494 e. The van der Waals surface area contributed by atoms with Crippen molar-refractivity contribution in [3.05, 3.63) is 137 Å². The lowest BCUT2D eigenvalue weighted by Gasteiger charge is -2.32. The minimum Gasteiger partial charge on any atom is -0.405 e. The molecule has 16 heteroatoms. The average Bonchev–Trinajstić information content (AvgIpc) is 1.98. The van der Waals surface area contributed by atoms with Gasteiger partial charge in [-0.05, 0) is 149 Å². The number of fused-ring (bicyclic) bond motifs is 9. The van der Waals surface area contributed by atoms with E-state index in [9.17, 15) is 0 Å². The highest BCUT2D eigenvalue weighted by Gasteiger charge is 2.63. The van der Waals surface area contributed by atoms with E-state index < -0.39 is 14.0 Å². The number of hydrogen-bond acceptors (Lipinski definition) is 6. The van der Waals surface area contributed by atoms with Crippen LogP contribution in [-0.4, -0.2) is 71.8 Å². The van der Waals surface area contributed by atoms with E-state index in [1.165, 1.54) is 71.0 Å². The Morgan fingerprint density at radius 1 is 0.356 bits per heavy atom. The van der Waals surface area contributed by atoms with E-state index in [2.05, 4.69) is 260 Å². The summed E-state index contributed by atoms with van der Waals surface area (Å²) < 4.78 is 45.1. The Morgan fingerprint density at radius 3 is 0.954 bits per heavy atom. The molecule has 0 amide bonds. The van der Waals surface area contributed by atoms with Gasteiger partial charge in [-0.25, -0.2) is 0 Å². The molecule has 6 aromatic carbocycles. The molecule has 0 bridgehead atoms. The van der Waals surface area contributed by atoms with E-state index >= 15 is 0 Å². The summed E-state index contributed by atoms with van der Waals surface area (Å²) in [5.41, 5.74) is 7.96. The average molecular weight is 1500 g/mol. The van der Waals surface area contributed by atoms with Gasteiger partial charge in [-0.3, -0.25) is 0 Å². The number of nitrogens with zero attached hydrogens (tertiary/aromatic N) is 3. The second-order valence-electron chi connectivity index (χ2n) is 22.6. The molecule has 3 aliphatic heterocycles. The fraction of sp³-hybridized carbons (Fsp3) is 0.493. The minimum atomic E-state index is -0.476. The zero-order chi connectivity index (χ0) is 66.6. The van der Waals surface area contributed by atoms with Crippen LogP contribution in [0.25, 0.3) is 65.4 Å². The maximum Gasteiger partial charge on any atom is 0.494 e. The minimum absolute atomic E-state index is 0.314. The quantitative estimate of drug-likeness (QED) is 0.0997. The summed E-state index contributed by atoms with van der Waals surface area (Å²) in [5.74, 6) is 0. The van der Waals surface area contributed by atoms with Gasteiger partial charge < -0.3 is 41.6 Å². The summed E-state index contributed by atoms with van der Waals surface area (Å²) in [6.07, 6.45) is 0. The molecule has 478 valence electrons. The molecule has 3 fully saturated rings. The fourth-order valence-corrected chi connectivity index (χ4v) is 10.5. The van der Waals surface area contributed by atoms with Gasteiger partial charge in [-0.1, -0.05) is 226 Å². The Morgan fingerprint density at radius 2 is 0.621 bits per heavy atom. The topological polar surface area (TPSA) is 70.2 Å². The molecule has 0 N–H and O–H groups in total. The van der Waals surface area contributed by atoms with E-state index in [4.69, 9.17) is 27.9 Å². The number of aryl methyl sites for hydroxylation is 3. The van der Waals surface area contributed by atoms with E-state index in [1.54, 1.807) is 0 Å². The molecule has 87 heavy (non-hydrogen) atoms. The highest BCUT2D eigenvalue weighted by molar-refractivity contribution is 14.1. The van der Waals surface area contributed by atoms with Crippen LogP contribution in [0, 0.1) is 0 Å². The first kappa shape index (κ1) is 79.9. The van der Waals surface area contributed by atoms with Crippen molar-refractivity contribution in [2.75, 3.05) is 3.34 Å². The number of hydrogen-bond donors (Lipinski definition) is 0. The summed E-state index contributed by atoms with van der Waals surface area (Å²) in [6.45, 7) is 48.6. The van der Waals surface area contributed by atoms with Crippen LogP contribution in [0.3, 0.4) is 0 Å². The Bertz CT molecular complexity index is 3440. The first-order valence-electron chi connectivity index (χ1n) is 31.5. The van der Waals surface area contributed by atoms with Crippen molar-refractivity contribution >= 4 is 162 Å². The van der Waals surface area contributed by atoms with Gasteiger partial charge in [0.15, 0.2) is 0 Å². The number of para-hydroxylation sites is 3. The predicted octanol–water partition coefficient (Wildman–Crippen LogP) is 22.1. The Hall–Kier alpha value is -3.16. The maximum atomic E-state index is 6.19. The Labute approximate surface area is 566 Å². The highest BCUT2D eigenvalue weighted by atomic mass is 127. The van der Waals surface area contributed by atoms with Crippen LogP contribution in [0.2, 0.25) is 0 Å². The van der Waals surface area contributed by atoms with Crippen molar-refractivity contribution in [1.29, 1.82) is 0 Å². The normalized spacial score (nSPS) is 16.5. The number of rotatable bonds is 3. The van der Waals surface area contributed by atoms with Crippen molar-refractivity contribution in [2.45, 2.75) is 205 Å². The number of alkyl halides is 3. The molecule has 0 unspecified atom stereocenters. The zero-order valence-corrected chi connectivity index (χ0v) is 65.0. The van der Waals surface area contributed by atoms with E-state index in [1.807, 2.05) is 138 Å². The summed E-state index contributed by atoms with van der Waals surface area (Å²) in [5, 5.41) is 8.72. The second kappa shape index (κ2) is 35.6. The molecule has 0 spiro atoms. The van der Waals surface area contributed by atoms with E-state index in [0.29, 0.717) is 0 Å². The molecule has 0 atom stereocenters. The lowest BCUT2D eigenvalue weighted by Crippen LogP contribution is -2.41. The van der Waals surface area contributed by atoms with Crippen molar-refractivity contribution < 1.29 is 27.9 Å². The molecule has 9 nitrogen and oxygen atoms in total. The predicted molar refractivity (Wildman–Crippen MR) is 405 cm³/mol. The van der Waals surface area contributed by atoms with Crippen LogP contribution >= 0.6 is 70.4 Å². The SMILES string of the molecule is BrCI.CC.CC.CC.CC.CC.CC.CC1(C)OB(B2OC(C)(C)C(C)(C)O2)OC1(C)C.Cn1c2ccccc2c2cc(B3OC(C)(C)C(C)(C)O3)ccc21.Cn1c2ccccc2c2cc(Br)ccc21.Cn1c2ccccc2c2cc(CBr)ccc21. The first-order chi connectivity index (χ1) is 41.2. The monoisotopic (exact) mass is 1490 g/mol. The van der Waals surface area contributed by atoms with Gasteiger partial charge in [0.05, 0.1) is 36.9 Å². The third kappa shape index (κ3) is 18.3. The standard InChI is InChI=1S/C19H22BNO2.C14H12BrN.C13H10BrN.C12H24B2O4.6C2H6.CH2BrI/c1-18(2)19(3,4)23-20(22-18)13-10-11-17-15(12-13)14-8-6-7-9-16(14)21(17)5;1-16-13-5-3-2-4-11(13)12-8-10(9-15)6-7-14(12)16;1-15-12-5-3-2-4-10(12)11-8-9(14)6-7-13(11)15;1-9(2)10(3,4)16-13(15-9)14-17-11(5,6)12(7,8)18-14;6*1-2;2-1-3/h6-12H,1-5H3;2-8H,9H2,1H3;2-8H,1H3;1-8H3;6*1-2H3;1H2. The smallest absolute Gasteiger partial charge is 0.405 e. The molecule has 9 aromatic rings. The lowest BCUT2D eigenvalue weighted by atomic mass is 9.49. The fourth-order valence-electron chi connectivity index (χ4n) is 9.75. The molecular formula is C71H106B3Br3IN3O6. The van der Waals surface area contributed by atoms with Crippen molar-refractivity contribution in [3.8, 4) is 0 Å². The van der Waals surface area contributed by atoms with Gasteiger partial charge in [0, 0.05) is 96.4 Å². The third-order valence-corrected chi connectivity index (χ3v) is 17.4. The first-order valence-corrected chi connectivity index (χ1v) is 36.0. The van der Waals surface area contributed by atoms with Gasteiger partial charge in [0.25, 0.3) is 0 Å². The Kier molecular flexibility index (Phi) is 32.7. The van der Waals surface area contributed by atoms with Gasteiger partial charge >= 0.3 is 21.1 Å². The summed E-state index contributed by atoms with van der Waals surface area (Å²) in [4.78, 5) is 0. The van der Waals surface area contributed by atoms with Crippen LogP contribution in [0.4, 0.5) is 0 Å². The zero-order valence-electron chi connectivity index (χ0n) is 58.1. The molecule has 6 heterocycles. The molecule has 3 saturated heterocycles. The van der Waals surface area contributed by atoms with Crippen LogP contribution < -0.4 is 5.46 Å². The van der Waals surface area contributed by atoms with Crippen LogP contribution in [0.15, 0.2) is 132 Å². The summed E-state index contributed by atoms with van der Waals surface area (Å²) in [7, 11) is 5.08. The second-order valence-corrected chi connectivity index (χ2v) is 27.5. The van der Waals surface area contributed by atoms with Crippen LogP contribution in [0.5, 0.6) is 0 Å². The molecule has 0 radical (unpaired) electrons. The van der Waals surface area contributed by atoms with Crippen LogP contribution in [0.1, 0.15) is 172 Å². The van der Waals surface area contributed by atoms with Crippen molar-refractivity contribution in [1.82, 2.24) is 13.7 Å². The van der Waals surface area contributed by atoms with Crippen LogP contribution in [-0.2, 0) is 54.4 Å². The summed E-state index contributed by atoms with van der Waals surface area (Å²) >= 11 is 12.4. The molecule has 12 rings (SSSR count). The molecule has 3 aliphatic rings. The molecular weight excluding hydrogens is 1390 g/mol. The number of aromatic nitrogens is 3. The molecule has 0 aliphatic carbocycles. The maximum absolute atomic E-state index is 6.19. The Balaban J connectivity index is 0.000000371. The van der Waals surface area contributed by atoms with Gasteiger partial charge in [-0.2, -0.15) is 0 Å². The van der Waals surface area contributed by atoms with Gasteiger partial charge in [-0.15, -0.1) is 0 Å². The van der Waals surface area contributed by atoms with Gasteiger partial charge in [0.2, 0.25) is 0 Å². The highest BCUT2D eigenvalue weighted by Crippen LogP contribution is 2.43. The number of benzene rings is 6. The van der Waals surface area contributed by atoms with E-state index in [-0.39, 0.29) is 40.7 Å².